The zero-order valence-corrected chi connectivity index (χ0v) is 13.8. The zero-order chi connectivity index (χ0) is 15.7. The number of benzene rings is 1. The zero-order valence-electron chi connectivity index (χ0n) is 13.0. The highest BCUT2D eigenvalue weighted by molar-refractivity contribution is 7.18. The summed E-state index contributed by atoms with van der Waals surface area (Å²) in [6.07, 6.45) is 0. The van der Waals surface area contributed by atoms with Crippen LogP contribution >= 0.6 is 11.3 Å². The molecule has 22 heavy (non-hydrogen) atoms. The predicted molar refractivity (Wildman–Crippen MR) is 89.8 cm³/mol. The van der Waals surface area contributed by atoms with Gasteiger partial charge < -0.3 is 5.73 Å². The Morgan fingerprint density at radius 2 is 1.82 bits per heavy atom. The van der Waals surface area contributed by atoms with Crippen LogP contribution in [-0.2, 0) is 4.79 Å². The molecular weight excluding hydrogens is 296 g/mol. The van der Waals surface area contributed by atoms with Crippen molar-refractivity contribution in [1.29, 1.82) is 0 Å². The van der Waals surface area contributed by atoms with E-state index in [2.05, 4.69) is 34.9 Å². The number of hydrogen-bond acceptors (Lipinski definition) is 5. The third kappa shape index (κ3) is 2.99. The molecule has 2 aromatic rings. The molecule has 1 aliphatic rings. The number of carbonyl (C=O) groups excluding carboxylic acids is 1. The highest BCUT2D eigenvalue weighted by atomic mass is 32.1. The van der Waals surface area contributed by atoms with E-state index >= 15 is 0 Å². The summed E-state index contributed by atoms with van der Waals surface area (Å²) in [5.41, 5.74) is 6.47. The molecule has 3 rings (SSSR count). The Morgan fingerprint density at radius 1 is 1.18 bits per heavy atom. The highest BCUT2D eigenvalue weighted by Crippen LogP contribution is 2.30. The van der Waals surface area contributed by atoms with Crippen molar-refractivity contribution in [2.45, 2.75) is 25.9 Å². The van der Waals surface area contributed by atoms with Gasteiger partial charge in [-0.2, -0.15) is 0 Å². The van der Waals surface area contributed by atoms with Crippen LogP contribution in [0.3, 0.4) is 0 Å². The van der Waals surface area contributed by atoms with Crippen molar-refractivity contribution in [3.05, 3.63) is 29.3 Å². The normalized spacial score (nSPS) is 20.1. The summed E-state index contributed by atoms with van der Waals surface area (Å²) in [7, 11) is 0. The highest BCUT2D eigenvalue weighted by Gasteiger charge is 2.27. The molecule has 1 fully saturated rings. The minimum absolute atomic E-state index is 0.181. The summed E-state index contributed by atoms with van der Waals surface area (Å²) < 4.78 is 1.24. The van der Waals surface area contributed by atoms with Gasteiger partial charge in [0.1, 0.15) is 5.01 Å². The van der Waals surface area contributed by atoms with Gasteiger partial charge in [-0.25, -0.2) is 4.98 Å². The predicted octanol–water partition coefficient (Wildman–Crippen LogP) is 1.85. The molecule has 0 saturated carbocycles. The van der Waals surface area contributed by atoms with Crippen molar-refractivity contribution in [3.63, 3.8) is 0 Å². The largest absolute Gasteiger partial charge is 0.368 e. The number of nitrogens with zero attached hydrogens (tertiary/aromatic N) is 3. The second-order valence-corrected chi connectivity index (χ2v) is 6.91. The fourth-order valence-electron chi connectivity index (χ4n) is 2.92. The number of amides is 1. The lowest BCUT2D eigenvalue weighted by molar-refractivity contribution is -0.123. The molecule has 0 radical (unpaired) electrons. The Bertz CT molecular complexity index is 630. The molecule has 0 spiro atoms. The van der Waals surface area contributed by atoms with Gasteiger partial charge in [0.25, 0.3) is 0 Å². The maximum Gasteiger partial charge on any atom is 0.234 e. The molecule has 1 aliphatic heterocycles. The van der Waals surface area contributed by atoms with Crippen molar-refractivity contribution < 1.29 is 4.79 Å². The number of aromatic nitrogens is 1. The first kappa shape index (κ1) is 15.4. The molecule has 0 bridgehead atoms. The summed E-state index contributed by atoms with van der Waals surface area (Å²) in [4.78, 5) is 20.6. The Labute approximate surface area is 134 Å². The van der Waals surface area contributed by atoms with E-state index in [0.29, 0.717) is 6.04 Å². The van der Waals surface area contributed by atoms with Crippen LogP contribution in [0, 0.1) is 0 Å². The third-order valence-corrected chi connectivity index (χ3v) is 5.73. The number of carbonyl (C=O) groups is 1. The van der Waals surface area contributed by atoms with Crippen molar-refractivity contribution in [2.75, 3.05) is 26.2 Å². The first-order valence-electron chi connectivity index (χ1n) is 7.69. The second kappa shape index (κ2) is 6.32. The summed E-state index contributed by atoms with van der Waals surface area (Å²) in [5, 5.41) is 1.16. The minimum atomic E-state index is -0.243. The fraction of sp³-hybridized carbons (Fsp3) is 0.500. The van der Waals surface area contributed by atoms with E-state index in [1.165, 1.54) is 4.70 Å². The Morgan fingerprint density at radius 3 is 2.45 bits per heavy atom. The van der Waals surface area contributed by atoms with Crippen molar-refractivity contribution in [1.82, 2.24) is 14.8 Å². The molecule has 1 aromatic carbocycles. The Balaban J connectivity index is 1.66. The van der Waals surface area contributed by atoms with E-state index in [-0.39, 0.29) is 11.9 Å². The number of nitrogens with two attached hydrogens (primary N) is 1. The van der Waals surface area contributed by atoms with E-state index in [1.54, 1.807) is 11.3 Å². The second-order valence-electron chi connectivity index (χ2n) is 5.85. The van der Waals surface area contributed by atoms with E-state index in [1.807, 2.05) is 13.0 Å². The van der Waals surface area contributed by atoms with Gasteiger partial charge in [-0.3, -0.25) is 14.6 Å². The van der Waals surface area contributed by atoms with E-state index in [0.717, 1.165) is 36.7 Å². The fourth-order valence-corrected chi connectivity index (χ4v) is 3.97. The first-order valence-corrected chi connectivity index (χ1v) is 8.51. The quantitative estimate of drug-likeness (QED) is 0.934. The first-order chi connectivity index (χ1) is 10.6. The van der Waals surface area contributed by atoms with Crippen LogP contribution in [-0.4, -0.2) is 52.9 Å². The maximum atomic E-state index is 11.3. The number of para-hydroxylation sites is 1. The summed E-state index contributed by atoms with van der Waals surface area (Å²) in [6.45, 7) is 7.72. The average Bonchev–Trinajstić information content (AvgIpc) is 2.97. The number of thiazole rings is 1. The van der Waals surface area contributed by atoms with Gasteiger partial charge in [-0.15, -0.1) is 11.3 Å². The summed E-state index contributed by atoms with van der Waals surface area (Å²) in [5.74, 6) is -0.243. The lowest BCUT2D eigenvalue weighted by Crippen LogP contribution is -2.53. The molecule has 1 aromatic heterocycles. The molecule has 0 aliphatic carbocycles. The maximum absolute atomic E-state index is 11.3. The monoisotopic (exact) mass is 318 g/mol. The summed E-state index contributed by atoms with van der Waals surface area (Å²) in [6, 6.07) is 8.40. The third-order valence-electron chi connectivity index (χ3n) is 4.52. The number of piperazine rings is 1. The smallest absolute Gasteiger partial charge is 0.234 e. The Kier molecular flexibility index (Phi) is 4.42. The van der Waals surface area contributed by atoms with Crippen molar-refractivity contribution >= 4 is 27.5 Å². The van der Waals surface area contributed by atoms with Crippen LogP contribution in [0.25, 0.3) is 10.2 Å². The lowest BCUT2D eigenvalue weighted by atomic mass is 10.2. The standard InChI is InChI=1S/C16H22N4OS/c1-11(15(17)21)19-7-9-20(10-8-19)12(2)16-18-13-5-3-4-6-14(13)22-16/h3-6,11-12H,7-10H2,1-2H3,(H2,17,21)/t11-,12+/m1/s1. The molecule has 1 saturated heterocycles. The SMILES string of the molecule is C[C@H](C(N)=O)N1CCN([C@@H](C)c2nc3ccccc3s2)CC1. The number of rotatable bonds is 4. The van der Waals surface area contributed by atoms with Crippen LogP contribution in [0.15, 0.2) is 24.3 Å². The molecular formula is C16H22N4OS. The van der Waals surface area contributed by atoms with Crippen LogP contribution in [0.1, 0.15) is 24.9 Å². The molecule has 1 amide bonds. The van der Waals surface area contributed by atoms with Gasteiger partial charge in [-0.05, 0) is 26.0 Å². The van der Waals surface area contributed by atoms with Gasteiger partial charge in [0.05, 0.1) is 22.3 Å². The molecule has 2 N–H and O–H groups in total. The van der Waals surface area contributed by atoms with Gasteiger partial charge in [-0.1, -0.05) is 12.1 Å². The topological polar surface area (TPSA) is 62.5 Å². The van der Waals surface area contributed by atoms with E-state index < -0.39 is 0 Å². The van der Waals surface area contributed by atoms with E-state index in [9.17, 15) is 4.79 Å². The number of primary amides is 1. The molecule has 6 heteroatoms. The summed E-state index contributed by atoms with van der Waals surface area (Å²) >= 11 is 1.77. The van der Waals surface area contributed by atoms with Gasteiger partial charge >= 0.3 is 0 Å². The molecule has 0 unspecified atom stereocenters. The van der Waals surface area contributed by atoms with E-state index in [4.69, 9.17) is 10.7 Å². The number of fused-ring (bicyclic) bond motifs is 1. The van der Waals surface area contributed by atoms with Gasteiger partial charge in [0.15, 0.2) is 0 Å². The van der Waals surface area contributed by atoms with Gasteiger partial charge in [0.2, 0.25) is 5.91 Å². The number of hydrogen-bond donors (Lipinski definition) is 1. The molecule has 2 heterocycles. The molecule has 118 valence electrons. The lowest BCUT2D eigenvalue weighted by Gasteiger charge is -2.39. The van der Waals surface area contributed by atoms with Crippen LogP contribution in [0.5, 0.6) is 0 Å². The van der Waals surface area contributed by atoms with Crippen molar-refractivity contribution in [3.8, 4) is 0 Å². The van der Waals surface area contributed by atoms with Crippen LogP contribution in [0.2, 0.25) is 0 Å². The van der Waals surface area contributed by atoms with Crippen molar-refractivity contribution in [2.24, 2.45) is 5.73 Å². The minimum Gasteiger partial charge on any atom is -0.368 e. The average molecular weight is 318 g/mol. The van der Waals surface area contributed by atoms with Crippen LogP contribution < -0.4 is 5.73 Å². The molecule has 5 nitrogen and oxygen atoms in total. The Hall–Kier alpha value is -1.50. The van der Waals surface area contributed by atoms with Gasteiger partial charge in [0, 0.05) is 26.2 Å². The molecule has 2 atom stereocenters. The van der Waals surface area contributed by atoms with Crippen LogP contribution in [0.4, 0.5) is 0 Å².